The Hall–Kier alpha value is -2.47. The number of pyridine rings is 2. The van der Waals surface area contributed by atoms with Crippen molar-refractivity contribution >= 4 is 33.1 Å². The smallest absolute Gasteiger partial charge is 0.254 e. The summed E-state index contributed by atoms with van der Waals surface area (Å²) in [7, 11) is 0. The highest BCUT2D eigenvalue weighted by Gasteiger charge is 2.18. The average Bonchev–Trinajstić information content (AvgIpc) is 3.06. The second kappa shape index (κ2) is 8.48. The molecule has 0 spiro atoms. The van der Waals surface area contributed by atoms with Crippen molar-refractivity contribution in [2.45, 2.75) is 40.2 Å². The highest BCUT2D eigenvalue weighted by Crippen LogP contribution is 2.37. The molecule has 3 aromatic heterocycles. The van der Waals surface area contributed by atoms with E-state index in [0.29, 0.717) is 18.0 Å². The first-order valence-electron chi connectivity index (χ1n) is 9.33. The van der Waals surface area contributed by atoms with E-state index < -0.39 is 0 Å². The minimum atomic E-state index is -0.0788. The molecule has 0 aliphatic rings. The molecule has 3 heterocycles. The van der Waals surface area contributed by atoms with E-state index in [4.69, 9.17) is 0 Å². The number of carbonyl (C=O) groups excluding carboxylic acids is 1. The van der Waals surface area contributed by atoms with Gasteiger partial charge in [0.2, 0.25) is 0 Å². The van der Waals surface area contributed by atoms with Gasteiger partial charge in [0.05, 0.1) is 11.3 Å². The summed E-state index contributed by atoms with van der Waals surface area (Å²) >= 11 is 1.62. The van der Waals surface area contributed by atoms with Crippen LogP contribution in [0.5, 0.6) is 0 Å². The van der Waals surface area contributed by atoms with E-state index in [1.54, 1.807) is 29.9 Å². The third kappa shape index (κ3) is 4.63. The Morgan fingerprint density at radius 1 is 1.19 bits per heavy atom. The van der Waals surface area contributed by atoms with Gasteiger partial charge in [-0.1, -0.05) is 13.8 Å². The number of thiophene rings is 1. The molecule has 142 valence electrons. The highest BCUT2D eigenvalue weighted by atomic mass is 32.1. The van der Waals surface area contributed by atoms with Crippen LogP contribution in [0.2, 0.25) is 0 Å². The third-order valence-electron chi connectivity index (χ3n) is 4.21. The van der Waals surface area contributed by atoms with E-state index in [1.807, 2.05) is 12.1 Å². The maximum absolute atomic E-state index is 12.8. The summed E-state index contributed by atoms with van der Waals surface area (Å²) in [6, 6.07) is 6.29. The second-order valence-electron chi connectivity index (χ2n) is 7.35. The number of fused-ring (bicyclic) bond motifs is 1. The van der Waals surface area contributed by atoms with Gasteiger partial charge in [0, 0.05) is 41.4 Å². The Morgan fingerprint density at radius 3 is 2.59 bits per heavy atom. The van der Waals surface area contributed by atoms with Gasteiger partial charge in [-0.25, -0.2) is 4.98 Å². The molecule has 27 heavy (non-hydrogen) atoms. The largest absolute Gasteiger partial charge is 0.382 e. The molecule has 0 aromatic carbocycles. The molecule has 0 saturated heterocycles. The summed E-state index contributed by atoms with van der Waals surface area (Å²) in [5, 5.41) is 7.46. The summed E-state index contributed by atoms with van der Waals surface area (Å²) in [6.45, 7) is 9.11. The lowest BCUT2D eigenvalue weighted by atomic mass is 10.1. The van der Waals surface area contributed by atoms with Crippen LogP contribution >= 0.6 is 11.3 Å². The van der Waals surface area contributed by atoms with Crippen LogP contribution in [-0.4, -0.2) is 28.5 Å². The fourth-order valence-electron chi connectivity index (χ4n) is 2.83. The molecule has 2 N–H and O–H groups in total. The molecular weight excluding hydrogens is 356 g/mol. The van der Waals surface area contributed by atoms with Crippen LogP contribution in [0.25, 0.3) is 20.7 Å². The number of amides is 1. The van der Waals surface area contributed by atoms with E-state index in [1.165, 1.54) is 0 Å². The Kier molecular flexibility index (Phi) is 6.06. The van der Waals surface area contributed by atoms with Gasteiger partial charge in [-0.3, -0.25) is 9.78 Å². The molecule has 0 fully saturated rings. The van der Waals surface area contributed by atoms with Crippen molar-refractivity contribution in [1.82, 2.24) is 15.3 Å². The van der Waals surface area contributed by atoms with Gasteiger partial charge >= 0.3 is 0 Å². The SMILES string of the molecule is CC(C)CCNC(=O)c1cnc2sc(-c3ccncc3)cc2c1NC(C)C. The number of carbonyl (C=O) groups is 1. The predicted molar refractivity (Wildman–Crippen MR) is 113 cm³/mol. The molecule has 0 saturated carbocycles. The Labute approximate surface area is 164 Å². The Morgan fingerprint density at radius 2 is 1.93 bits per heavy atom. The van der Waals surface area contributed by atoms with Crippen molar-refractivity contribution in [2.24, 2.45) is 5.92 Å². The molecule has 0 radical (unpaired) electrons. The topological polar surface area (TPSA) is 66.9 Å². The molecule has 0 aliphatic carbocycles. The van der Waals surface area contributed by atoms with Crippen LogP contribution in [0, 0.1) is 5.92 Å². The standard InChI is InChI=1S/C21H26N4OS/c1-13(2)5-10-23-20(26)17-12-24-21-16(19(17)25-14(3)4)11-18(27-21)15-6-8-22-9-7-15/h6-9,11-14H,5,10H2,1-4H3,(H,23,26)(H,24,25). The first-order valence-corrected chi connectivity index (χ1v) is 10.1. The summed E-state index contributed by atoms with van der Waals surface area (Å²) in [6.07, 6.45) is 6.21. The lowest BCUT2D eigenvalue weighted by Crippen LogP contribution is -2.27. The molecule has 6 heteroatoms. The van der Waals surface area contributed by atoms with Crippen molar-refractivity contribution in [1.29, 1.82) is 0 Å². The van der Waals surface area contributed by atoms with Gasteiger partial charge in [0.15, 0.2) is 0 Å². The molecule has 3 rings (SSSR count). The molecule has 0 bridgehead atoms. The minimum absolute atomic E-state index is 0.0788. The third-order valence-corrected chi connectivity index (χ3v) is 5.30. The number of rotatable bonds is 7. The average molecular weight is 383 g/mol. The monoisotopic (exact) mass is 382 g/mol. The molecule has 0 atom stereocenters. The van der Waals surface area contributed by atoms with Crippen LogP contribution < -0.4 is 10.6 Å². The highest BCUT2D eigenvalue weighted by molar-refractivity contribution is 7.21. The first kappa shape index (κ1) is 19.3. The number of hydrogen-bond acceptors (Lipinski definition) is 5. The zero-order valence-corrected chi connectivity index (χ0v) is 17.1. The van der Waals surface area contributed by atoms with E-state index in [9.17, 15) is 4.79 Å². The van der Waals surface area contributed by atoms with Crippen LogP contribution in [0.3, 0.4) is 0 Å². The van der Waals surface area contributed by atoms with Crippen molar-refractivity contribution < 1.29 is 4.79 Å². The second-order valence-corrected chi connectivity index (χ2v) is 8.38. The van der Waals surface area contributed by atoms with Gasteiger partial charge in [-0.05, 0) is 49.9 Å². The van der Waals surface area contributed by atoms with Crippen LogP contribution in [0.15, 0.2) is 36.8 Å². The maximum atomic E-state index is 12.8. The van der Waals surface area contributed by atoms with Crippen LogP contribution in [-0.2, 0) is 0 Å². The normalized spacial score (nSPS) is 11.3. The quantitative estimate of drug-likeness (QED) is 0.606. The van der Waals surface area contributed by atoms with E-state index in [2.05, 4.69) is 54.4 Å². The summed E-state index contributed by atoms with van der Waals surface area (Å²) < 4.78 is 0. The molecule has 0 unspecified atom stereocenters. The molecule has 5 nitrogen and oxygen atoms in total. The lowest BCUT2D eigenvalue weighted by Gasteiger charge is -2.16. The van der Waals surface area contributed by atoms with Crippen molar-refractivity contribution in [3.8, 4) is 10.4 Å². The van der Waals surface area contributed by atoms with E-state index in [0.717, 1.165) is 32.8 Å². The van der Waals surface area contributed by atoms with Gasteiger partial charge in [0.1, 0.15) is 4.83 Å². The van der Waals surface area contributed by atoms with Gasteiger partial charge in [-0.2, -0.15) is 0 Å². The maximum Gasteiger partial charge on any atom is 0.254 e. The number of nitrogens with one attached hydrogen (secondary N) is 2. The van der Waals surface area contributed by atoms with Crippen LogP contribution in [0.1, 0.15) is 44.5 Å². The molecule has 1 amide bonds. The predicted octanol–water partition coefficient (Wildman–Crippen LogP) is 4.95. The summed E-state index contributed by atoms with van der Waals surface area (Å²) in [4.78, 5) is 23.4. The minimum Gasteiger partial charge on any atom is -0.382 e. The van der Waals surface area contributed by atoms with Gasteiger partial charge in [0.25, 0.3) is 5.91 Å². The number of hydrogen-bond donors (Lipinski definition) is 2. The number of aromatic nitrogens is 2. The molecule has 0 aliphatic heterocycles. The number of anilines is 1. The summed E-state index contributed by atoms with van der Waals surface area (Å²) in [5.41, 5.74) is 2.55. The number of nitrogens with zero attached hydrogens (tertiary/aromatic N) is 2. The fourth-order valence-corrected chi connectivity index (χ4v) is 3.85. The van der Waals surface area contributed by atoms with E-state index in [-0.39, 0.29) is 11.9 Å². The zero-order valence-electron chi connectivity index (χ0n) is 16.2. The van der Waals surface area contributed by atoms with Crippen molar-refractivity contribution in [3.63, 3.8) is 0 Å². The van der Waals surface area contributed by atoms with Crippen molar-refractivity contribution in [2.75, 3.05) is 11.9 Å². The molecule has 3 aromatic rings. The fraction of sp³-hybridized carbons (Fsp3) is 0.381. The van der Waals surface area contributed by atoms with Crippen LogP contribution in [0.4, 0.5) is 5.69 Å². The molecular formula is C21H26N4OS. The lowest BCUT2D eigenvalue weighted by molar-refractivity contribution is 0.0952. The summed E-state index contributed by atoms with van der Waals surface area (Å²) in [5.74, 6) is 0.476. The van der Waals surface area contributed by atoms with Crippen molar-refractivity contribution in [3.05, 3.63) is 42.4 Å². The Balaban J connectivity index is 1.99. The van der Waals surface area contributed by atoms with Gasteiger partial charge in [-0.15, -0.1) is 11.3 Å². The zero-order chi connectivity index (χ0) is 19.4. The van der Waals surface area contributed by atoms with Gasteiger partial charge < -0.3 is 10.6 Å². The van der Waals surface area contributed by atoms with E-state index >= 15 is 0 Å². The Bertz CT molecular complexity index is 919. The first-order chi connectivity index (χ1) is 13.0.